The minimum absolute atomic E-state index is 0.0997. The fraction of sp³-hybridized carbons (Fsp3) is 0.250. The van der Waals surface area contributed by atoms with Crippen LogP contribution in [0.5, 0.6) is 5.75 Å². The van der Waals surface area contributed by atoms with Crippen LogP contribution in [0, 0.1) is 11.3 Å². The largest absolute Gasteiger partial charge is 0.488 e. The summed E-state index contributed by atoms with van der Waals surface area (Å²) in [5, 5.41) is 19.0. The zero-order chi connectivity index (χ0) is 24.3. The number of amides is 1. The van der Waals surface area contributed by atoms with Crippen molar-refractivity contribution in [3.05, 3.63) is 88.5 Å². The zero-order valence-corrected chi connectivity index (χ0v) is 19.3. The summed E-state index contributed by atoms with van der Waals surface area (Å²) in [4.78, 5) is 27.2. The van der Waals surface area contributed by atoms with Crippen molar-refractivity contribution in [2.24, 2.45) is 0 Å². The van der Waals surface area contributed by atoms with Gasteiger partial charge in [0.25, 0.3) is 0 Å². The van der Waals surface area contributed by atoms with Crippen LogP contribution in [0.1, 0.15) is 59.8 Å². The maximum Gasteiger partial charge on any atom is 0.335 e. The first kappa shape index (κ1) is 21.7. The van der Waals surface area contributed by atoms with Crippen LogP contribution in [0.2, 0.25) is 0 Å². The van der Waals surface area contributed by atoms with Crippen molar-refractivity contribution in [3.8, 4) is 11.8 Å². The Labute approximate surface area is 198 Å². The van der Waals surface area contributed by atoms with Crippen molar-refractivity contribution >= 4 is 23.3 Å². The molecule has 3 aromatic carbocycles. The van der Waals surface area contributed by atoms with Gasteiger partial charge < -0.3 is 9.84 Å². The van der Waals surface area contributed by atoms with Gasteiger partial charge in [-0.1, -0.05) is 18.2 Å². The molecule has 170 valence electrons. The maximum atomic E-state index is 14.1. The molecule has 0 saturated carbocycles. The number of ether oxygens (including phenoxy) is 1. The van der Waals surface area contributed by atoms with Gasteiger partial charge in [-0.05, 0) is 92.8 Å². The molecule has 1 amide bonds. The SMILES string of the molecule is CC1(C)CCc2cc(C3(C)C(=O)N(c4cccc(C(=O)O)c4)c4ccc(C#N)cc43)ccc2O1. The molecule has 1 N–H and O–H groups in total. The molecule has 6 nitrogen and oxygen atoms in total. The van der Waals surface area contributed by atoms with Crippen LogP contribution >= 0.6 is 0 Å². The van der Waals surface area contributed by atoms with E-state index in [1.54, 1.807) is 35.2 Å². The Morgan fingerprint density at radius 1 is 1.09 bits per heavy atom. The summed E-state index contributed by atoms with van der Waals surface area (Å²) in [7, 11) is 0. The number of hydrogen-bond acceptors (Lipinski definition) is 4. The number of carboxylic acids is 1. The molecular formula is C28H24N2O4. The van der Waals surface area contributed by atoms with Crippen LogP contribution in [-0.4, -0.2) is 22.6 Å². The highest BCUT2D eigenvalue weighted by molar-refractivity contribution is 6.15. The molecule has 0 spiro atoms. The normalized spacial score (nSPS) is 20.2. The van der Waals surface area contributed by atoms with E-state index in [9.17, 15) is 20.0 Å². The van der Waals surface area contributed by atoms with E-state index in [0.29, 0.717) is 22.5 Å². The summed E-state index contributed by atoms with van der Waals surface area (Å²) < 4.78 is 6.13. The van der Waals surface area contributed by atoms with Crippen molar-refractivity contribution in [2.45, 2.75) is 44.6 Å². The first-order valence-corrected chi connectivity index (χ1v) is 11.2. The Morgan fingerprint density at radius 2 is 1.88 bits per heavy atom. The number of rotatable bonds is 3. The number of aryl methyl sites for hydroxylation is 1. The minimum atomic E-state index is -1.06. The van der Waals surface area contributed by atoms with E-state index in [1.165, 1.54) is 12.1 Å². The summed E-state index contributed by atoms with van der Waals surface area (Å²) in [6, 6.07) is 19.6. The third kappa shape index (κ3) is 3.24. The molecule has 2 aliphatic rings. The average Bonchev–Trinajstić information content (AvgIpc) is 3.05. The summed E-state index contributed by atoms with van der Waals surface area (Å²) >= 11 is 0. The summed E-state index contributed by atoms with van der Waals surface area (Å²) in [5.41, 5.74) is 2.97. The number of carboxylic acid groups (broad SMARTS) is 1. The Hall–Kier alpha value is -4.11. The van der Waals surface area contributed by atoms with Crippen LogP contribution < -0.4 is 9.64 Å². The van der Waals surface area contributed by atoms with E-state index in [-0.39, 0.29) is 17.1 Å². The Morgan fingerprint density at radius 3 is 2.62 bits per heavy atom. The number of carbonyl (C=O) groups is 2. The van der Waals surface area contributed by atoms with Gasteiger partial charge in [-0.2, -0.15) is 5.26 Å². The summed E-state index contributed by atoms with van der Waals surface area (Å²) in [6.07, 6.45) is 1.72. The first-order chi connectivity index (χ1) is 16.1. The highest BCUT2D eigenvalue weighted by Gasteiger charge is 2.49. The van der Waals surface area contributed by atoms with Crippen LogP contribution in [-0.2, 0) is 16.6 Å². The molecule has 1 atom stereocenters. The number of fused-ring (bicyclic) bond motifs is 2. The van der Waals surface area contributed by atoms with Gasteiger partial charge in [0.1, 0.15) is 11.4 Å². The standard InChI is InChI=1S/C28H24N2O4/c1-27(2)12-11-18-14-20(8-10-24(18)34-27)28(3)22-13-17(16-29)7-9-23(22)30(26(28)33)21-6-4-5-19(15-21)25(31)32/h4-10,13-15H,11-12H2,1-3H3,(H,31,32). The number of nitriles is 1. The lowest BCUT2D eigenvalue weighted by Crippen LogP contribution is -2.37. The Balaban J connectivity index is 1.68. The second-order valence-corrected chi connectivity index (χ2v) is 9.65. The lowest BCUT2D eigenvalue weighted by molar-refractivity contribution is -0.120. The van der Waals surface area contributed by atoms with Crippen molar-refractivity contribution < 1.29 is 19.4 Å². The Bertz CT molecular complexity index is 1400. The molecule has 1 unspecified atom stereocenters. The zero-order valence-electron chi connectivity index (χ0n) is 19.3. The predicted octanol–water partition coefficient (Wildman–Crippen LogP) is 5.34. The van der Waals surface area contributed by atoms with Crippen molar-refractivity contribution in [2.75, 3.05) is 4.90 Å². The molecule has 0 aromatic heterocycles. The highest BCUT2D eigenvalue weighted by atomic mass is 16.5. The molecule has 0 bridgehead atoms. The van der Waals surface area contributed by atoms with Crippen LogP contribution in [0.4, 0.5) is 11.4 Å². The van der Waals surface area contributed by atoms with Gasteiger partial charge in [0.15, 0.2) is 0 Å². The first-order valence-electron chi connectivity index (χ1n) is 11.2. The van der Waals surface area contributed by atoms with E-state index in [0.717, 1.165) is 29.7 Å². The van der Waals surface area contributed by atoms with E-state index in [2.05, 4.69) is 19.9 Å². The Kier molecular flexibility index (Phi) is 4.76. The molecule has 0 fully saturated rings. The number of nitrogens with zero attached hydrogens (tertiary/aromatic N) is 2. The van der Waals surface area contributed by atoms with Gasteiger partial charge in [-0.3, -0.25) is 9.69 Å². The molecular weight excluding hydrogens is 428 g/mol. The molecule has 5 rings (SSSR count). The molecule has 0 saturated heterocycles. The van der Waals surface area contributed by atoms with Crippen LogP contribution in [0.15, 0.2) is 60.7 Å². The quantitative estimate of drug-likeness (QED) is 0.579. The fourth-order valence-corrected chi connectivity index (χ4v) is 4.93. The number of benzene rings is 3. The maximum absolute atomic E-state index is 14.1. The van der Waals surface area contributed by atoms with Gasteiger partial charge in [0.05, 0.1) is 28.3 Å². The topological polar surface area (TPSA) is 90.6 Å². The van der Waals surface area contributed by atoms with E-state index in [4.69, 9.17) is 4.74 Å². The third-order valence-corrected chi connectivity index (χ3v) is 6.91. The van der Waals surface area contributed by atoms with Crippen molar-refractivity contribution in [3.63, 3.8) is 0 Å². The predicted molar refractivity (Wildman–Crippen MR) is 128 cm³/mol. The monoisotopic (exact) mass is 452 g/mol. The fourth-order valence-electron chi connectivity index (χ4n) is 4.93. The third-order valence-electron chi connectivity index (χ3n) is 6.91. The summed E-state index contributed by atoms with van der Waals surface area (Å²) in [5.74, 6) is -0.433. The van der Waals surface area contributed by atoms with Crippen molar-refractivity contribution in [1.82, 2.24) is 0 Å². The lowest BCUT2D eigenvalue weighted by atomic mass is 9.76. The molecule has 0 radical (unpaired) electrons. The molecule has 3 aromatic rings. The van der Waals surface area contributed by atoms with E-state index >= 15 is 0 Å². The number of aromatic carboxylic acids is 1. The molecule has 34 heavy (non-hydrogen) atoms. The van der Waals surface area contributed by atoms with Crippen LogP contribution in [0.3, 0.4) is 0 Å². The molecule has 6 heteroatoms. The number of hydrogen-bond donors (Lipinski definition) is 1. The van der Waals surface area contributed by atoms with Gasteiger partial charge in [0.2, 0.25) is 5.91 Å². The van der Waals surface area contributed by atoms with Gasteiger partial charge in [-0.25, -0.2) is 4.79 Å². The number of carbonyl (C=O) groups excluding carboxylic acids is 1. The van der Waals surface area contributed by atoms with Gasteiger partial charge >= 0.3 is 5.97 Å². The van der Waals surface area contributed by atoms with E-state index in [1.807, 2.05) is 25.1 Å². The van der Waals surface area contributed by atoms with Crippen LogP contribution in [0.25, 0.3) is 0 Å². The average molecular weight is 453 g/mol. The van der Waals surface area contributed by atoms with Crippen molar-refractivity contribution in [1.29, 1.82) is 5.26 Å². The summed E-state index contributed by atoms with van der Waals surface area (Å²) in [6.45, 7) is 5.99. The second-order valence-electron chi connectivity index (χ2n) is 9.65. The van der Waals surface area contributed by atoms with Gasteiger partial charge in [-0.15, -0.1) is 0 Å². The minimum Gasteiger partial charge on any atom is -0.488 e. The molecule has 2 aliphatic heterocycles. The second kappa shape index (κ2) is 7.46. The lowest BCUT2D eigenvalue weighted by Gasteiger charge is -2.34. The smallest absolute Gasteiger partial charge is 0.335 e. The van der Waals surface area contributed by atoms with E-state index < -0.39 is 11.4 Å². The highest BCUT2D eigenvalue weighted by Crippen LogP contribution is 2.50. The van der Waals surface area contributed by atoms with Gasteiger partial charge in [0, 0.05) is 5.69 Å². The molecule has 0 aliphatic carbocycles. The molecule has 2 heterocycles. The number of anilines is 2.